The topological polar surface area (TPSA) is 72.2 Å². The molecule has 0 aliphatic carbocycles. The summed E-state index contributed by atoms with van der Waals surface area (Å²) >= 11 is 0. The molecule has 5 heteroatoms. The van der Waals surface area contributed by atoms with E-state index in [0.29, 0.717) is 6.54 Å². The second-order valence-corrected chi connectivity index (χ2v) is 6.85. The number of nitrogens with one attached hydrogen (secondary N) is 1. The van der Waals surface area contributed by atoms with Crippen LogP contribution in [0.1, 0.15) is 22.3 Å². The zero-order valence-electron chi connectivity index (χ0n) is 12.5. The lowest BCUT2D eigenvalue weighted by Crippen LogP contribution is -2.12. The maximum Gasteiger partial charge on any atom is 0.238 e. The Morgan fingerprint density at radius 2 is 1.67 bits per heavy atom. The van der Waals surface area contributed by atoms with Crippen LogP contribution in [0.3, 0.4) is 0 Å². The van der Waals surface area contributed by atoms with Crippen molar-refractivity contribution in [2.45, 2.75) is 32.2 Å². The molecule has 0 heterocycles. The lowest BCUT2D eigenvalue weighted by molar-refractivity contribution is 0.598. The number of benzene rings is 2. The molecule has 2 aromatic carbocycles. The van der Waals surface area contributed by atoms with E-state index in [-0.39, 0.29) is 4.90 Å². The van der Waals surface area contributed by atoms with E-state index in [4.69, 9.17) is 5.14 Å². The monoisotopic (exact) mass is 304 g/mol. The smallest absolute Gasteiger partial charge is 0.238 e. The van der Waals surface area contributed by atoms with Gasteiger partial charge in [0.05, 0.1) is 4.90 Å². The summed E-state index contributed by atoms with van der Waals surface area (Å²) in [5.74, 6) is 0. The zero-order valence-corrected chi connectivity index (χ0v) is 13.3. The van der Waals surface area contributed by atoms with Crippen molar-refractivity contribution >= 4 is 15.7 Å². The molecule has 0 saturated carbocycles. The van der Waals surface area contributed by atoms with E-state index >= 15 is 0 Å². The maximum absolute atomic E-state index is 11.3. The summed E-state index contributed by atoms with van der Waals surface area (Å²) in [7, 11) is -3.67. The van der Waals surface area contributed by atoms with Crippen LogP contribution in [0.15, 0.2) is 41.3 Å². The predicted octanol–water partition coefficient (Wildman–Crippen LogP) is 2.87. The normalized spacial score (nSPS) is 11.4. The predicted molar refractivity (Wildman–Crippen MR) is 85.8 cm³/mol. The molecule has 0 spiro atoms. The van der Waals surface area contributed by atoms with Crippen molar-refractivity contribution in [3.8, 4) is 0 Å². The van der Waals surface area contributed by atoms with Crippen LogP contribution in [0, 0.1) is 20.8 Å². The molecule has 0 radical (unpaired) electrons. The Hall–Kier alpha value is -1.85. The highest BCUT2D eigenvalue weighted by Gasteiger charge is 2.08. The quantitative estimate of drug-likeness (QED) is 0.912. The van der Waals surface area contributed by atoms with Crippen LogP contribution < -0.4 is 10.5 Å². The first-order valence-corrected chi connectivity index (χ1v) is 8.25. The van der Waals surface area contributed by atoms with Crippen molar-refractivity contribution in [2.75, 3.05) is 5.32 Å². The van der Waals surface area contributed by atoms with Crippen LogP contribution in [-0.4, -0.2) is 8.42 Å². The molecule has 0 unspecified atom stereocenters. The number of sulfonamides is 1. The fraction of sp³-hybridized carbons (Fsp3) is 0.250. The summed E-state index contributed by atoms with van der Waals surface area (Å²) in [6, 6.07) is 10.8. The fourth-order valence-electron chi connectivity index (χ4n) is 2.19. The molecule has 4 nitrogen and oxygen atoms in total. The molecular weight excluding hydrogens is 284 g/mol. The third-order valence-corrected chi connectivity index (χ3v) is 4.51. The van der Waals surface area contributed by atoms with E-state index in [9.17, 15) is 8.42 Å². The van der Waals surface area contributed by atoms with Gasteiger partial charge < -0.3 is 5.32 Å². The Morgan fingerprint density at radius 1 is 1.00 bits per heavy atom. The number of hydrogen-bond donors (Lipinski definition) is 2. The zero-order chi connectivity index (χ0) is 15.6. The molecule has 2 rings (SSSR count). The third-order valence-electron chi connectivity index (χ3n) is 3.60. The van der Waals surface area contributed by atoms with Crippen molar-refractivity contribution in [1.29, 1.82) is 0 Å². The molecule has 0 aliphatic heterocycles. The highest BCUT2D eigenvalue weighted by atomic mass is 32.2. The minimum atomic E-state index is -3.67. The lowest BCUT2D eigenvalue weighted by atomic mass is 10.0. The molecule has 21 heavy (non-hydrogen) atoms. The summed E-state index contributed by atoms with van der Waals surface area (Å²) in [5.41, 5.74) is 5.66. The van der Waals surface area contributed by atoms with E-state index in [1.54, 1.807) is 12.1 Å². The number of rotatable bonds is 4. The van der Waals surface area contributed by atoms with Crippen molar-refractivity contribution in [3.05, 3.63) is 58.7 Å². The molecule has 112 valence electrons. The highest BCUT2D eigenvalue weighted by Crippen LogP contribution is 2.18. The number of primary sulfonamides is 1. The molecular formula is C16H20N2O2S. The standard InChI is InChI=1S/C16H20N2O2S/c1-11-7-13(3)14(8-12(11)2)10-18-15-5-4-6-16(9-15)21(17,19)20/h4-9,18H,10H2,1-3H3,(H2,17,19,20). The fourth-order valence-corrected chi connectivity index (χ4v) is 2.75. The van der Waals surface area contributed by atoms with Crippen molar-refractivity contribution in [3.63, 3.8) is 0 Å². The third kappa shape index (κ3) is 3.83. The van der Waals surface area contributed by atoms with Crippen LogP contribution in [0.4, 0.5) is 5.69 Å². The van der Waals surface area contributed by atoms with Gasteiger partial charge in [-0.05, 0) is 61.2 Å². The van der Waals surface area contributed by atoms with Gasteiger partial charge in [0.2, 0.25) is 10.0 Å². The average molecular weight is 304 g/mol. The molecule has 0 fully saturated rings. The Morgan fingerprint density at radius 3 is 2.33 bits per heavy atom. The SMILES string of the molecule is Cc1cc(C)c(CNc2cccc(S(N)(=O)=O)c2)cc1C. The van der Waals surface area contributed by atoms with Gasteiger partial charge in [0.1, 0.15) is 0 Å². The average Bonchev–Trinajstić information content (AvgIpc) is 2.41. The highest BCUT2D eigenvalue weighted by molar-refractivity contribution is 7.89. The van der Waals surface area contributed by atoms with Gasteiger partial charge in [-0.2, -0.15) is 0 Å². The molecule has 3 N–H and O–H groups in total. The van der Waals surface area contributed by atoms with Gasteiger partial charge in [0.25, 0.3) is 0 Å². The summed E-state index contributed by atoms with van der Waals surface area (Å²) in [6.07, 6.45) is 0. The van der Waals surface area contributed by atoms with Gasteiger partial charge in [0.15, 0.2) is 0 Å². The van der Waals surface area contributed by atoms with Crippen LogP contribution in [0.5, 0.6) is 0 Å². The van der Waals surface area contributed by atoms with Gasteiger partial charge in [-0.15, -0.1) is 0 Å². The number of nitrogens with two attached hydrogens (primary N) is 1. The van der Waals surface area contributed by atoms with Gasteiger partial charge in [0, 0.05) is 12.2 Å². The maximum atomic E-state index is 11.3. The van der Waals surface area contributed by atoms with E-state index in [2.05, 4.69) is 38.2 Å². The number of aryl methyl sites for hydroxylation is 3. The Labute approximate surface area is 126 Å². The first-order chi connectivity index (χ1) is 9.77. The van der Waals surface area contributed by atoms with Crippen molar-refractivity contribution in [2.24, 2.45) is 5.14 Å². The molecule has 0 aromatic heterocycles. The first kappa shape index (κ1) is 15.5. The Bertz CT molecular complexity index is 768. The molecule has 0 amide bonds. The van der Waals surface area contributed by atoms with E-state index in [1.165, 1.54) is 28.3 Å². The van der Waals surface area contributed by atoms with E-state index < -0.39 is 10.0 Å². The lowest BCUT2D eigenvalue weighted by Gasteiger charge is -2.12. The van der Waals surface area contributed by atoms with Gasteiger partial charge >= 0.3 is 0 Å². The molecule has 0 saturated heterocycles. The van der Waals surface area contributed by atoms with Crippen LogP contribution in [0.25, 0.3) is 0 Å². The second kappa shape index (κ2) is 5.87. The Balaban J connectivity index is 2.19. The summed E-state index contributed by atoms with van der Waals surface area (Å²) in [6.45, 7) is 6.89. The molecule has 0 aliphatic rings. The van der Waals surface area contributed by atoms with E-state index in [0.717, 1.165) is 5.69 Å². The van der Waals surface area contributed by atoms with Gasteiger partial charge in [-0.25, -0.2) is 13.6 Å². The van der Waals surface area contributed by atoms with Crippen LogP contribution in [-0.2, 0) is 16.6 Å². The second-order valence-electron chi connectivity index (χ2n) is 5.29. The number of anilines is 1. The van der Waals surface area contributed by atoms with Crippen molar-refractivity contribution in [1.82, 2.24) is 0 Å². The summed E-state index contributed by atoms with van der Waals surface area (Å²) < 4.78 is 22.7. The Kier molecular flexibility index (Phi) is 4.34. The first-order valence-electron chi connectivity index (χ1n) is 6.71. The van der Waals surface area contributed by atoms with Crippen LogP contribution in [0.2, 0.25) is 0 Å². The molecule has 2 aromatic rings. The molecule has 0 atom stereocenters. The number of hydrogen-bond acceptors (Lipinski definition) is 3. The minimum absolute atomic E-state index is 0.115. The summed E-state index contributed by atoms with van der Waals surface area (Å²) in [5, 5.41) is 8.38. The van der Waals surface area contributed by atoms with Gasteiger partial charge in [-0.1, -0.05) is 18.2 Å². The minimum Gasteiger partial charge on any atom is -0.381 e. The molecule has 0 bridgehead atoms. The van der Waals surface area contributed by atoms with Crippen LogP contribution >= 0.6 is 0 Å². The largest absolute Gasteiger partial charge is 0.381 e. The van der Waals surface area contributed by atoms with E-state index in [1.807, 2.05) is 6.07 Å². The van der Waals surface area contributed by atoms with Crippen molar-refractivity contribution < 1.29 is 8.42 Å². The summed E-state index contributed by atoms with van der Waals surface area (Å²) in [4.78, 5) is 0.115. The van der Waals surface area contributed by atoms with Gasteiger partial charge in [-0.3, -0.25) is 0 Å².